The number of hydrogen-bond donors (Lipinski definition) is 1. The third kappa shape index (κ3) is 4.55. The third-order valence-electron chi connectivity index (χ3n) is 6.29. The first-order valence-corrected chi connectivity index (χ1v) is 11.3. The van der Waals surface area contributed by atoms with E-state index in [4.69, 9.17) is 5.73 Å². The summed E-state index contributed by atoms with van der Waals surface area (Å²) in [5.74, 6) is 1.10. The van der Waals surface area contributed by atoms with Crippen LogP contribution in [0.2, 0.25) is 0 Å². The minimum absolute atomic E-state index is 0.0653. The van der Waals surface area contributed by atoms with Crippen molar-refractivity contribution in [3.63, 3.8) is 0 Å². The molecule has 0 atom stereocenters. The molecular formula is C27H27N5O. The van der Waals surface area contributed by atoms with E-state index in [0.29, 0.717) is 30.4 Å². The molecule has 3 heterocycles. The van der Waals surface area contributed by atoms with Crippen LogP contribution in [0.15, 0.2) is 60.9 Å². The Bertz CT molecular complexity index is 1330. The van der Waals surface area contributed by atoms with Crippen molar-refractivity contribution < 1.29 is 4.79 Å². The van der Waals surface area contributed by atoms with Crippen LogP contribution in [-0.2, 0) is 13.1 Å². The van der Waals surface area contributed by atoms with Crippen molar-refractivity contribution in [2.45, 2.75) is 45.7 Å². The number of nitrogens with zero attached hydrogens (tertiary/aromatic N) is 4. The number of carbonyl (C=O) groups is 1. The predicted octanol–water partition coefficient (Wildman–Crippen LogP) is 4.94. The van der Waals surface area contributed by atoms with E-state index < -0.39 is 0 Å². The van der Waals surface area contributed by atoms with E-state index in [1.807, 2.05) is 67.4 Å². The lowest BCUT2D eigenvalue weighted by atomic mass is 10.1. The maximum absolute atomic E-state index is 13.7. The van der Waals surface area contributed by atoms with E-state index in [2.05, 4.69) is 21.0 Å². The van der Waals surface area contributed by atoms with Crippen molar-refractivity contribution >= 4 is 22.6 Å². The number of amides is 1. The van der Waals surface area contributed by atoms with Crippen LogP contribution in [-0.4, -0.2) is 25.8 Å². The average Bonchev–Trinajstić information content (AvgIpc) is 3.66. The van der Waals surface area contributed by atoms with E-state index in [-0.39, 0.29) is 5.91 Å². The number of rotatable bonds is 6. The fourth-order valence-corrected chi connectivity index (χ4v) is 4.06. The minimum atomic E-state index is -0.0653. The van der Waals surface area contributed by atoms with Gasteiger partial charge in [0, 0.05) is 23.3 Å². The number of benzene rings is 1. The van der Waals surface area contributed by atoms with Gasteiger partial charge in [-0.1, -0.05) is 12.1 Å². The van der Waals surface area contributed by atoms with Crippen LogP contribution in [0.1, 0.15) is 57.2 Å². The Morgan fingerprint density at radius 1 is 1.03 bits per heavy atom. The molecule has 0 saturated heterocycles. The summed E-state index contributed by atoms with van der Waals surface area (Å²) in [6.07, 6.45) is 6.21. The molecule has 33 heavy (non-hydrogen) atoms. The van der Waals surface area contributed by atoms with Crippen molar-refractivity contribution in [3.05, 3.63) is 94.6 Å². The van der Waals surface area contributed by atoms with Gasteiger partial charge in [-0.3, -0.25) is 14.8 Å². The van der Waals surface area contributed by atoms with Crippen molar-refractivity contribution in [1.82, 2.24) is 19.9 Å². The van der Waals surface area contributed by atoms with Gasteiger partial charge >= 0.3 is 0 Å². The molecule has 0 unspecified atom stereocenters. The van der Waals surface area contributed by atoms with Gasteiger partial charge in [0.25, 0.3) is 5.91 Å². The Morgan fingerprint density at radius 3 is 2.61 bits per heavy atom. The summed E-state index contributed by atoms with van der Waals surface area (Å²) in [6.45, 7) is 4.76. The zero-order valence-electron chi connectivity index (χ0n) is 19.0. The van der Waals surface area contributed by atoms with E-state index in [0.717, 1.165) is 33.4 Å². The zero-order chi connectivity index (χ0) is 22.9. The van der Waals surface area contributed by atoms with Crippen molar-refractivity contribution in [2.24, 2.45) is 0 Å². The van der Waals surface area contributed by atoms with E-state index in [1.165, 1.54) is 18.4 Å². The first kappa shape index (κ1) is 21.1. The molecule has 1 aliphatic rings. The van der Waals surface area contributed by atoms with Gasteiger partial charge in [0.15, 0.2) is 0 Å². The molecule has 1 aliphatic carbocycles. The van der Waals surface area contributed by atoms with Crippen LogP contribution in [0.5, 0.6) is 0 Å². The molecule has 5 rings (SSSR count). The lowest BCUT2D eigenvalue weighted by Crippen LogP contribution is -2.31. The third-order valence-corrected chi connectivity index (χ3v) is 6.29. The fraction of sp³-hybridized carbons (Fsp3) is 0.259. The number of aryl methyl sites for hydroxylation is 2. The molecule has 4 aromatic rings. The number of anilines is 1. The molecule has 0 bridgehead atoms. The average molecular weight is 438 g/mol. The number of nitrogens with two attached hydrogens (primary N) is 1. The molecule has 1 aromatic carbocycles. The summed E-state index contributed by atoms with van der Waals surface area (Å²) >= 11 is 0. The Kier molecular flexibility index (Phi) is 5.50. The second kappa shape index (κ2) is 8.62. The topological polar surface area (TPSA) is 85.0 Å². The zero-order valence-corrected chi connectivity index (χ0v) is 19.0. The quantitative estimate of drug-likeness (QED) is 0.462. The van der Waals surface area contributed by atoms with Crippen LogP contribution in [0.3, 0.4) is 0 Å². The smallest absolute Gasteiger partial charge is 0.254 e. The predicted molar refractivity (Wildman–Crippen MR) is 130 cm³/mol. The number of fused-ring (bicyclic) bond motifs is 1. The van der Waals surface area contributed by atoms with Crippen molar-refractivity contribution in [3.8, 4) is 0 Å². The Balaban J connectivity index is 1.46. The van der Waals surface area contributed by atoms with E-state index in [9.17, 15) is 4.79 Å². The van der Waals surface area contributed by atoms with Crippen LogP contribution < -0.4 is 5.73 Å². The molecule has 2 N–H and O–H groups in total. The van der Waals surface area contributed by atoms with E-state index >= 15 is 0 Å². The number of nitrogen functional groups attached to an aromatic ring is 1. The molecule has 1 amide bonds. The van der Waals surface area contributed by atoms with Gasteiger partial charge < -0.3 is 10.6 Å². The monoisotopic (exact) mass is 437 g/mol. The maximum Gasteiger partial charge on any atom is 0.254 e. The van der Waals surface area contributed by atoms with Crippen LogP contribution in [0.25, 0.3) is 10.9 Å². The van der Waals surface area contributed by atoms with Gasteiger partial charge in [0.2, 0.25) is 0 Å². The highest BCUT2D eigenvalue weighted by Crippen LogP contribution is 2.39. The second-order valence-electron chi connectivity index (χ2n) is 8.88. The first-order valence-electron chi connectivity index (χ1n) is 11.3. The minimum Gasteiger partial charge on any atom is -0.383 e. The fourth-order valence-electron chi connectivity index (χ4n) is 4.06. The molecule has 0 spiro atoms. The van der Waals surface area contributed by atoms with Gasteiger partial charge in [0.1, 0.15) is 5.82 Å². The standard InChI is InChI=1S/C27H27N5O/c1-17-4-3-11-29-25(17)16-32(15-23-9-7-21(14-30-23)19-5-6-19)27(33)20-8-10-24-22(13-20)12-18(2)26(28)31-24/h3-4,7-14,19H,5-6,15-16H2,1-2H3,(H2,28,31). The molecule has 3 aromatic heterocycles. The molecule has 0 radical (unpaired) electrons. The number of hydrogen-bond acceptors (Lipinski definition) is 5. The van der Waals surface area contributed by atoms with Crippen LogP contribution in [0.4, 0.5) is 5.82 Å². The summed E-state index contributed by atoms with van der Waals surface area (Å²) in [6, 6.07) is 15.6. The molecule has 1 fully saturated rings. The van der Waals surface area contributed by atoms with Gasteiger partial charge in [-0.15, -0.1) is 0 Å². The lowest BCUT2D eigenvalue weighted by Gasteiger charge is -2.23. The van der Waals surface area contributed by atoms with Crippen LogP contribution in [0, 0.1) is 13.8 Å². The SMILES string of the molecule is Cc1cc2cc(C(=O)N(Cc3ccc(C4CC4)cn3)Cc3ncccc3C)ccc2nc1N. The molecule has 1 saturated carbocycles. The largest absolute Gasteiger partial charge is 0.383 e. The van der Waals surface area contributed by atoms with Crippen LogP contribution >= 0.6 is 0 Å². The summed E-state index contributed by atoms with van der Waals surface area (Å²) < 4.78 is 0. The van der Waals surface area contributed by atoms with Crippen molar-refractivity contribution in [2.75, 3.05) is 5.73 Å². The molecule has 166 valence electrons. The Labute approximate surface area is 193 Å². The Hall–Kier alpha value is -3.80. The molecule has 6 heteroatoms. The molecule has 6 nitrogen and oxygen atoms in total. The summed E-state index contributed by atoms with van der Waals surface area (Å²) in [5.41, 5.74) is 12.3. The number of pyridine rings is 3. The lowest BCUT2D eigenvalue weighted by molar-refractivity contribution is 0.0725. The highest BCUT2D eigenvalue weighted by molar-refractivity contribution is 5.98. The highest BCUT2D eigenvalue weighted by atomic mass is 16.2. The molecular weight excluding hydrogens is 410 g/mol. The van der Waals surface area contributed by atoms with Gasteiger partial charge in [0.05, 0.1) is 30.0 Å². The second-order valence-corrected chi connectivity index (χ2v) is 8.88. The summed E-state index contributed by atoms with van der Waals surface area (Å²) in [7, 11) is 0. The summed E-state index contributed by atoms with van der Waals surface area (Å²) in [5, 5.41) is 0.897. The summed E-state index contributed by atoms with van der Waals surface area (Å²) in [4.78, 5) is 29.1. The van der Waals surface area contributed by atoms with Gasteiger partial charge in [-0.05, 0) is 85.7 Å². The number of carbonyl (C=O) groups excluding carboxylic acids is 1. The van der Waals surface area contributed by atoms with Gasteiger partial charge in [-0.25, -0.2) is 4.98 Å². The van der Waals surface area contributed by atoms with E-state index in [1.54, 1.807) is 6.20 Å². The first-order chi connectivity index (χ1) is 16.0. The normalized spacial score (nSPS) is 13.3. The molecule has 0 aliphatic heterocycles. The number of aromatic nitrogens is 3. The maximum atomic E-state index is 13.7. The van der Waals surface area contributed by atoms with Gasteiger partial charge in [-0.2, -0.15) is 0 Å². The Morgan fingerprint density at radius 2 is 1.88 bits per heavy atom. The highest BCUT2D eigenvalue weighted by Gasteiger charge is 2.24. The van der Waals surface area contributed by atoms with Crippen molar-refractivity contribution in [1.29, 1.82) is 0 Å².